The minimum Gasteiger partial charge on any atom is -0.360 e. The Morgan fingerprint density at radius 2 is 2.00 bits per heavy atom. The van der Waals surface area contributed by atoms with Crippen molar-refractivity contribution in [1.82, 2.24) is 19.8 Å². The number of carbonyl (C=O) groups is 1. The van der Waals surface area contributed by atoms with E-state index in [1.54, 1.807) is 18.0 Å². The number of aromatic nitrogens is 3. The zero-order chi connectivity index (χ0) is 18.3. The Hall–Kier alpha value is -2.89. The van der Waals surface area contributed by atoms with E-state index in [1.165, 1.54) is 0 Å². The summed E-state index contributed by atoms with van der Waals surface area (Å²) in [6, 6.07) is 11.8. The highest BCUT2D eigenvalue weighted by Crippen LogP contribution is 2.40. The van der Waals surface area contributed by atoms with Crippen LogP contribution in [0, 0.1) is 13.8 Å². The van der Waals surface area contributed by atoms with Crippen LogP contribution in [0.25, 0.3) is 5.69 Å². The number of para-hydroxylation sites is 1. The molecule has 0 aliphatic heterocycles. The van der Waals surface area contributed by atoms with Crippen molar-refractivity contribution >= 4 is 5.91 Å². The van der Waals surface area contributed by atoms with Crippen LogP contribution in [0.5, 0.6) is 0 Å². The lowest BCUT2D eigenvalue weighted by Crippen LogP contribution is -2.27. The Morgan fingerprint density at radius 3 is 2.69 bits per heavy atom. The van der Waals surface area contributed by atoms with E-state index in [4.69, 9.17) is 4.52 Å². The molecule has 0 radical (unpaired) electrons. The van der Waals surface area contributed by atoms with E-state index in [9.17, 15) is 4.79 Å². The second kappa shape index (κ2) is 6.44. The van der Waals surface area contributed by atoms with Gasteiger partial charge in [0.15, 0.2) is 5.69 Å². The summed E-state index contributed by atoms with van der Waals surface area (Å²) in [6.45, 7) is 4.48. The van der Waals surface area contributed by atoms with Crippen molar-refractivity contribution in [3.8, 4) is 5.69 Å². The third-order valence-electron chi connectivity index (χ3n) is 4.91. The van der Waals surface area contributed by atoms with Gasteiger partial charge in [-0.05, 0) is 38.8 Å². The standard InChI is InChI=1S/C20H22N4O2/c1-13-17(14(2)24(21-13)16-7-5-4-6-8-16)12-23(3)20(25)18-11-19(26-22-18)15-9-10-15/h4-8,11,15H,9-10,12H2,1-3H3. The largest absolute Gasteiger partial charge is 0.360 e. The van der Waals surface area contributed by atoms with Crippen LogP contribution in [-0.2, 0) is 6.54 Å². The Bertz CT molecular complexity index is 938. The summed E-state index contributed by atoms with van der Waals surface area (Å²) in [4.78, 5) is 14.3. The Labute approximate surface area is 152 Å². The van der Waals surface area contributed by atoms with Crippen molar-refractivity contribution < 1.29 is 9.32 Å². The predicted molar refractivity (Wildman–Crippen MR) is 97.3 cm³/mol. The fraction of sp³-hybridized carbons (Fsp3) is 0.350. The first kappa shape index (κ1) is 16.6. The number of aryl methyl sites for hydroxylation is 1. The molecule has 4 rings (SSSR count). The maximum atomic E-state index is 12.7. The van der Waals surface area contributed by atoms with Crippen LogP contribution in [0.4, 0.5) is 0 Å². The van der Waals surface area contributed by atoms with Crippen LogP contribution in [0.15, 0.2) is 40.9 Å². The van der Waals surface area contributed by atoms with E-state index >= 15 is 0 Å². The molecular weight excluding hydrogens is 328 g/mol. The number of benzene rings is 1. The van der Waals surface area contributed by atoms with Gasteiger partial charge in [-0.25, -0.2) is 4.68 Å². The molecule has 6 nitrogen and oxygen atoms in total. The van der Waals surface area contributed by atoms with Gasteiger partial charge >= 0.3 is 0 Å². The van der Waals surface area contributed by atoms with E-state index < -0.39 is 0 Å². The molecule has 6 heteroatoms. The van der Waals surface area contributed by atoms with Gasteiger partial charge in [-0.15, -0.1) is 0 Å². The number of rotatable bonds is 5. The number of hydrogen-bond acceptors (Lipinski definition) is 4. The van der Waals surface area contributed by atoms with Gasteiger partial charge in [0.1, 0.15) is 5.76 Å². The fourth-order valence-electron chi connectivity index (χ4n) is 3.18. The number of amides is 1. The molecule has 1 amide bonds. The summed E-state index contributed by atoms with van der Waals surface area (Å²) >= 11 is 0. The van der Waals surface area contributed by atoms with Crippen LogP contribution in [-0.4, -0.2) is 32.8 Å². The summed E-state index contributed by atoms with van der Waals surface area (Å²) in [5.74, 6) is 1.14. The molecular formula is C20H22N4O2. The van der Waals surface area contributed by atoms with E-state index in [-0.39, 0.29) is 5.91 Å². The Morgan fingerprint density at radius 1 is 1.27 bits per heavy atom. The minimum absolute atomic E-state index is 0.132. The topological polar surface area (TPSA) is 64.2 Å². The second-order valence-corrected chi connectivity index (χ2v) is 6.95. The lowest BCUT2D eigenvalue weighted by Gasteiger charge is -2.16. The summed E-state index contributed by atoms with van der Waals surface area (Å²) in [5, 5.41) is 8.60. The van der Waals surface area contributed by atoms with Gasteiger partial charge in [0.25, 0.3) is 5.91 Å². The minimum atomic E-state index is -0.132. The first-order chi connectivity index (χ1) is 12.5. The van der Waals surface area contributed by atoms with Crippen molar-refractivity contribution in [2.45, 2.75) is 39.2 Å². The molecule has 0 atom stereocenters. The van der Waals surface area contributed by atoms with Gasteiger partial charge in [-0.2, -0.15) is 5.10 Å². The van der Waals surface area contributed by atoms with Crippen molar-refractivity contribution in [3.05, 3.63) is 64.8 Å². The molecule has 1 fully saturated rings. The molecule has 1 aliphatic carbocycles. The van der Waals surface area contributed by atoms with Crippen LogP contribution in [0.3, 0.4) is 0 Å². The smallest absolute Gasteiger partial charge is 0.276 e. The molecule has 0 unspecified atom stereocenters. The molecule has 1 saturated carbocycles. The third kappa shape index (κ3) is 3.03. The molecule has 1 aliphatic rings. The molecule has 0 saturated heterocycles. The third-order valence-corrected chi connectivity index (χ3v) is 4.91. The summed E-state index contributed by atoms with van der Waals surface area (Å²) in [5.41, 5.74) is 4.40. The van der Waals surface area contributed by atoms with Gasteiger partial charge in [0.2, 0.25) is 0 Å². The van der Waals surface area contributed by atoms with Crippen LogP contribution in [0.2, 0.25) is 0 Å². The predicted octanol–water partition coefficient (Wildman–Crippen LogP) is 3.63. The second-order valence-electron chi connectivity index (χ2n) is 6.95. The van der Waals surface area contributed by atoms with E-state index in [0.717, 1.165) is 41.2 Å². The van der Waals surface area contributed by atoms with Crippen LogP contribution < -0.4 is 0 Å². The number of nitrogens with zero attached hydrogens (tertiary/aromatic N) is 4. The monoisotopic (exact) mass is 350 g/mol. The van der Waals surface area contributed by atoms with Crippen molar-refractivity contribution in [1.29, 1.82) is 0 Å². The Kier molecular flexibility index (Phi) is 4.11. The molecule has 0 spiro atoms. The lowest BCUT2D eigenvalue weighted by molar-refractivity contribution is 0.0774. The zero-order valence-electron chi connectivity index (χ0n) is 15.3. The van der Waals surface area contributed by atoms with Crippen LogP contribution >= 0.6 is 0 Å². The van der Waals surface area contributed by atoms with Gasteiger partial charge in [0.05, 0.1) is 11.4 Å². The summed E-state index contributed by atoms with van der Waals surface area (Å²) in [6.07, 6.45) is 2.24. The normalized spacial score (nSPS) is 13.8. The lowest BCUT2D eigenvalue weighted by atomic mass is 10.1. The van der Waals surface area contributed by atoms with Crippen molar-refractivity contribution in [3.63, 3.8) is 0 Å². The number of hydrogen-bond donors (Lipinski definition) is 0. The molecule has 2 aromatic heterocycles. The molecule has 1 aromatic carbocycles. The Balaban J connectivity index is 1.54. The van der Waals surface area contributed by atoms with Crippen molar-refractivity contribution in [2.75, 3.05) is 7.05 Å². The van der Waals surface area contributed by atoms with Crippen molar-refractivity contribution in [2.24, 2.45) is 0 Å². The zero-order valence-corrected chi connectivity index (χ0v) is 15.3. The van der Waals surface area contributed by atoms with Gasteiger partial charge in [-0.3, -0.25) is 4.79 Å². The summed E-state index contributed by atoms with van der Waals surface area (Å²) < 4.78 is 7.23. The first-order valence-corrected chi connectivity index (χ1v) is 8.87. The average molecular weight is 350 g/mol. The summed E-state index contributed by atoms with van der Waals surface area (Å²) in [7, 11) is 1.78. The highest BCUT2D eigenvalue weighted by atomic mass is 16.5. The fourth-order valence-corrected chi connectivity index (χ4v) is 3.18. The number of carbonyl (C=O) groups excluding carboxylic acids is 1. The van der Waals surface area contributed by atoms with E-state index in [0.29, 0.717) is 18.2 Å². The van der Waals surface area contributed by atoms with E-state index in [1.807, 2.05) is 48.9 Å². The van der Waals surface area contributed by atoms with Crippen LogP contribution in [0.1, 0.15) is 52.0 Å². The molecule has 0 bridgehead atoms. The molecule has 2 heterocycles. The quantitative estimate of drug-likeness (QED) is 0.705. The SMILES string of the molecule is Cc1nn(-c2ccccc2)c(C)c1CN(C)C(=O)c1cc(C2CC2)on1. The maximum absolute atomic E-state index is 12.7. The molecule has 3 aromatic rings. The average Bonchev–Trinajstić information content (AvgIpc) is 3.33. The maximum Gasteiger partial charge on any atom is 0.276 e. The van der Waals surface area contributed by atoms with E-state index in [2.05, 4.69) is 10.3 Å². The van der Waals surface area contributed by atoms with Gasteiger partial charge < -0.3 is 9.42 Å². The van der Waals surface area contributed by atoms with Gasteiger partial charge in [-0.1, -0.05) is 23.4 Å². The highest BCUT2D eigenvalue weighted by Gasteiger charge is 2.29. The molecule has 0 N–H and O–H groups in total. The molecule has 134 valence electrons. The highest BCUT2D eigenvalue weighted by molar-refractivity contribution is 5.92. The van der Waals surface area contributed by atoms with Gasteiger partial charge in [0, 0.05) is 36.8 Å². The first-order valence-electron chi connectivity index (χ1n) is 8.87. The molecule has 26 heavy (non-hydrogen) atoms.